The lowest BCUT2D eigenvalue weighted by atomic mass is 9.76. The summed E-state index contributed by atoms with van der Waals surface area (Å²) < 4.78 is 5.43. The predicted octanol–water partition coefficient (Wildman–Crippen LogP) is 3.60. The molecule has 1 aromatic carbocycles. The topological polar surface area (TPSA) is 74.5 Å². The van der Waals surface area contributed by atoms with Gasteiger partial charge in [0, 0.05) is 32.1 Å². The summed E-state index contributed by atoms with van der Waals surface area (Å²) >= 11 is 0. The number of nitrogens with one attached hydrogen (secondary N) is 1. The second-order valence-electron chi connectivity index (χ2n) is 9.24. The van der Waals surface area contributed by atoms with Gasteiger partial charge in [0.25, 0.3) is 0 Å². The maximum Gasteiger partial charge on any atom is 0.317 e. The maximum absolute atomic E-state index is 12.6. The fourth-order valence-electron chi connectivity index (χ4n) is 4.79. The van der Waals surface area contributed by atoms with Crippen LogP contribution in [0.5, 0.6) is 0 Å². The highest BCUT2D eigenvalue weighted by atomic mass is 16.5. The number of benzene rings is 1. The second-order valence-corrected chi connectivity index (χ2v) is 9.24. The lowest BCUT2D eigenvalue weighted by molar-refractivity contribution is 0.122. The molecular weight excluding hydrogens is 378 g/mol. The molecule has 3 heterocycles. The van der Waals surface area contributed by atoms with E-state index in [1.807, 2.05) is 23.1 Å². The van der Waals surface area contributed by atoms with Crippen LogP contribution in [0, 0.1) is 5.41 Å². The lowest BCUT2D eigenvalue weighted by Crippen LogP contribution is -2.48. The lowest BCUT2D eigenvalue weighted by Gasteiger charge is -2.39. The Balaban J connectivity index is 1.27. The van der Waals surface area contributed by atoms with Crippen LogP contribution in [0.1, 0.15) is 62.3 Å². The molecule has 2 aliphatic rings. The molecule has 7 nitrogen and oxygen atoms in total. The minimum absolute atomic E-state index is 0.0587. The van der Waals surface area contributed by atoms with Gasteiger partial charge in [-0.2, -0.15) is 4.98 Å². The number of piperidine rings is 1. The number of amides is 2. The molecule has 4 rings (SSSR count). The molecule has 1 aromatic heterocycles. The highest BCUT2D eigenvalue weighted by Gasteiger charge is 2.46. The van der Waals surface area contributed by atoms with Gasteiger partial charge in [0.2, 0.25) is 5.89 Å². The highest BCUT2D eigenvalue weighted by molar-refractivity contribution is 5.74. The fraction of sp³-hybridized carbons (Fsp3) is 0.609. The molecule has 1 unspecified atom stereocenters. The van der Waals surface area contributed by atoms with Crippen molar-refractivity contribution in [3.05, 3.63) is 47.6 Å². The average molecular weight is 412 g/mol. The molecule has 2 saturated heterocycles. The monoisotopic (exact) mass is 411 g/mol. The molecule has 162 valence electrons. The quantitative estimate of drug-likeness (QED) is 0.814. The first-order valence-corrected chi connectivity index (χ1v) is 11.1. The molecule has 2 fully saturated rings. The first-order valence-electron chi connectivity index (χ1n) is 11.1. The van der Waals surface area contributed by atoms with E-state index in [0.717, 1.165) is 51.1 Å². The van der Waals surface area contributed by atoms with Gasteiger partial charge in [-0.3, -0.25) is 4.90 Å². The highest BCUT2D eigenvalue weighted by Crippen LogP contribution is 2.47. The van der Waals surface area contributed by atoms with Gasteiger partial charge >= 0.3 is 6.03 Å². The number of nitrogens with zero attached hydrogens (tertiary/aromatic N) is 4. The summed E-state index contributed by atoms with van der Waals surface area (Å²) in [7, 11) is 2.15. The molecule has 1 spiro atoms. The van der Waals surface area contributed by atoms with Gasteiger partial charge in [0.1, 0.15) is 0 Å². The summed E-state index contributed by atoms with van der Waals surface area (Å²) in [5, 5.41) is 7.33. The summed E-state index contributed by atoms with van der Waals surface area (Å²) in [6.07, 6.45) is 3.94. The van der Waals surface area contributed by atoms with Crippen LogP contribution < -0.4 is 5.32 Å². The van der Waals surface area contributed by atoms with E-state index in [2.05, 4.69) is 53.4 Å². The Morgan fingerprint density at radius 1 is 1.27 bits per heavy atom. The molecule has 2 aromatic rings. The molecule has 0 bridgehead atoms. The van der Waals surface area contributed by atoms with Gasteiger partial charge in [0.15, 0.2) is 5.82 Å². The molecule has 0 radical (unpaired) electrons. The Labute approximate surface area is 178 Å². The zero-order valence-electron chi connectivity index (χ0n) is 18.3. The minimum Gasteiger partial charge on any atom is -0.339 e. The molecule has 1 atom stereocenters. The third-order valence-corrected chi connectivity index (χ3v) is 6.64. The van der Waals surface area contributed by atoms with Crippen LogP contribution in [-0.4, -0.2) is 59.2 Å². The van der Waals surface area contributed by atoms with E-state index in [9.17, 15) is 4.79 Å². The largest absolute Gasteiger partial charge is 0.339 e. The third kappa shape index (κ3) is 4.51. The van der Waals surface area contributed by atoms with Crippen LogP contribution in [0.25, 0.3) is 0 Å². The van der Waals surface area contributed by atoms with Gasteiger partial charge in [0.05, 0.1) is 6.04 Å². The van der Waals surface area contributed by atoms with Gasteiger partial charge in [-0.05, 0) is 43.7 Å². The smallest absolute Gasteiger partial charge is 0.317 e. The number of urea groups is 1. The first kappa shape index (κ1) is 20.8. The van der Waals surface area contributed by atoms with Crippen molar-refractivity contribution in [3.63, 3.8) is 0 Å². The number of hydrogen-bond acceptors (Lipinski definition) is 5. The number of hydrogen-bond donors (Lipinski definition) is 1. The molecular formula is C23H33N5O2. The molecule has 2 amide bonds. The summed E-state index contributed by atoms with van der Waals surface area (Å²) in [6, 6.07) is 10.5. The Morgan fingerprint density at radius 2 is 2.00 bits per heavy atom. The Kier molecular flexibility index (Phi) is 6.09. The van der Waals surface area contributed by atoms with Gasteiger partial charge in [-0.15, -0.1) is 0 Å². The predicted molar refractivity (Wildman–Crippen MR) is 115 cm³/mol. The van der Waals surface area contributed by atoms with E-state index in [1.54, 1.807) is 0 Å². The Morgan fingerprint density at radius 3 is 2.67 bits per heavy atom. The van der Waals surface area contributed by atoms with Crippen LogP contribution in [0.15, 0.2) is 34.9 Å². The van der Waals surface area contributed by atoms with Gasteiger partial charge in [-0.25, -0.2) is 4.79 Å². The van der Waals surface area contributed by atoms with Crippen molar-refractivity contribution in [2.75, 3.05) is 33.2 Å². The molecule has 0 saturated carbocycles. The first-order chi connectivity index (χ1) is 14.5. The van der Waals surface area contributed by atoms with E-state index in [1.165, 1.54) is 5.56 Å². The van der Waals surface area contributed by atoms with Crippen molar-refractivity contribution in [2.24, 2.45) is 5.41 Å². The molecule has 1 N–H and O–H groups in total. The summed E-state index contributed by atoms with van der Waals surface area (Å²) in [4.78, 5) is 21.5. The molecule has 30 heavy (non-hydrogen) atoms. The van der Waals surface area contributed by atoms with Crippen LogP contribution in [0.2, 0.25) is 0 Å². The third-order valence-electron chi connectivity index (χ3n) is 6.64. The fourth-order valence-corrected chi connectivity index (χ4v) is 4.79. The number of carbonyl (C=O) groups excluding carboxylic acids is 1. The second kappa shape index (κ2) is 8.76. The van der Waals surface area contributed by atoms with Crippen molar-refractivity contribution in [3.8, 4) is 0 Å². The Hall–Kier alpha value is -2.41. The number of likely N-dealkylation sites (tertiary alicyclic amines) is 2. The van der Waals surface area contributed by atoms with E-state index >= 15 is 0 Å². The van der Waals surface area contributed by atoms with E-state index in [-0.39, 0.29) is 23.4 Å². The van der Waals surface area contributed by atoms with Crippen LogP contribution in [-0.2, 0) is 6.42 Å². The average Bonchev–Trinajstić information content (AvgIpc) is 3.34. The maximum atomic E-state index is 12.6. The molecule has 0 aliphatic carbocycles. The van der Waals surface area contributed by atoms with Crippen LogP contribution in [0.4, 0.5) is 4.79 Å². The van der Waals surface area contributed by atoms with E-state index < -0.39 is 0 Å². The van der Waals surface area contributed by atoms with Gasteiger partial charge in [-0.1, -0.05) is 49.3 Å². The normalized spacial score (nSPS) is 21.5. The van der Waals surface area contributed by atoms with Crippen molar-refractivity contribution < 1.29 is 9.32 Å². The summed E-state index contributed by atoms with van der Waals surface area (Å²) in [5.74, 6) is 1.76. The van der Waals surface area contributed by atoms with Crippen molar-refractivity contribution >= 4 is 6.03 Å². The molecule has 7 heteroatoms. The minimum atomic E-state index is 0.0587. The zero-order chi connectivity index (χ0) is 21.1. The van der Waals surface area contributed by atoms with Crippen molar-refractivity contribution in [2.45, 2.75) is 51.5 Å². The summed E-state index contributed by atoms with van der Waals surface area (Å²) in [5.41, 5.74) is 1.48. The SMILES string of the molecule is CC(C)c1nc(C2CC3(CCN(C(=O)NCCc4ccccc4)CC3)CN2C)no1. The van der Waals surface area contributed by atoms with E-state index in [0.29, 0.717) is 12.4 Å². The number of carbonyl (C=O) groups is 1. The van der Waals surface area contributed by atoms with Crippen molar-refractivity contribution in [1.82, 2.24) is 25.3 Å². The van der Waals surface area contributed by atoms with E-state index in [4.69, 9.17) is 4.52 Å². The van der Waals surface area contributed by atoms with Crippen LogP contribution >= 0.6 is 0 Å². The summed E-state index contributed by atoms with van der Waals surface area (Å²) in [6.45, 7) is 7.44. The Bertz CT molecular complexity index is 842. The molecule has 2 aliphatic heterocycles. The standard InChI is InChI=1S/C23H33N5O2/c1-17(2)21-25-20(26-30-21)19-15-23(16-27(19)3)10-13-28(14-11-23)22(29)24-12-9-18-7-5-4-6-8-18/h4-8,17,19H,9-16H2,1-3H3,(H,24,29). The number of aromatic nitrogens is 2. The van der Waals surface area contributed by atoms with Crippen molar-refractivity contribution in [1.29, 1.82) is 0 Å². The van der Waals surface area contributed by atoms with Gasteiger partial charge < -0.3 is 14.7 Å². The van der Waals surface area contributed by atoms with Crippen LogP contribution in [0.3, 0.4) is 0 Å². The number of rotatable bonds is 5. The zero-order valence-corrected chi connectivity index (χ0v) is 18.3.